The third kappa shape index (κ3) is 3.41. The SMILES string of the molecule is NS(=O)(=O)c1ccc(Cl)c(NCc2ccccc2O)c1. The van der Waals surface area contributed by atoms with Crippen molar-refractivity contribution in [3.8, 4) is 5.75 Å². The van der Waals surface area contributed by atoms with E-state index in [1.165, 1.54) is 18.2 Å². The fraction of sp³-hybridized carbons (Fsp3) is 0.0769. The van der Waals surface area contributed by atoms with Crippen LogP contribution >= 0.6 is 11.6 Å². The van der Waals surface area contributed by atoms with Gasteiger partial charge in [-0.15, -0.1) is 0 Å². The highest BCUT2D eigenvalue weighted by atomic mass is 35.5. The lowest BCUT2D eigenvalue weighted by Gasteiger charge is -2.11. The molecule has 0 aliphatic rings. The van der Waals surface area contributed by atoms with Crippen LogP contribution in [0.4, 0.5) is 5.69 Å². The van der Waals surface area contributed by atoms with Gasteiger partial charge in [-0.25, -0.2) is 13.6 Å². The topological polar surface area (TPSA) is 92.4 Å². The average Bonchev–Trinajstić information content (AvgIpc) is 2.38. The Kier molecular flexibility index (Phi) is 4.17. The number of primary sulfonamides is 1. The first-order valence-electron chi connectivity index (χ1n) is 5.71. The van der Waals surface area contributed by atoms with Gasteiger partial charge >= 0.3 is 0 Å². The number of hydrogen-bond acceptors (Lipinski definition) is 4. The quantitative estimate of drug-likeness (QED) is 0.807. The fourth-order valence-corrected chi connectivity index (χ4v) is 2.39. The molecule has 106 valence electrons. The molecule has 0 bridgehead atoms. The maximum atomic E-state index is 11.3. The molecule has 2 rings (SSSR count). The molecule has 20 heavy (non-hydrogen) atoms. The van der Waals surface area contributed by atoms with Crippen LogP contribution in [-0.2, 0) is 16.6 Å². The van der Waals surface area contributed by atoms with E-state index in [0.29, 0.717) is 22.8 Å². The molecule has 2 aromatic rings. The van der Waals surface area contributed by atoms with Crippen molar-refractivity contribution >= 4 is 27.3 Å². The van der Waals surface area contributed by atoms with E-state index < -0.39 is 10.0 Å². The number of phenols is 1. The lowest BCUT2D eigenvalue weighted by atomic mass is 10.2. The molecule has 0 saturated heterocycles. The first-order chi connectivity index (χ1) is 9.38. The predicted molar refractivity (Wildman–Crippen MR) is 78.3 cm³/mol. The van der Waals surface area contributed by atoms with Crippen LogP contribution in [0.15, 0.2) is 47.4 Å². The Labute approximate surface area is 122 Å². The van der Waals surface area contributed by atoms with Crippen LogP contribution in [0.2, 0.25) is 5.02 Å². The summed E-state index contributed by atoms with van der Waals surface area (Å²) in [6, 6.07) is 11.0. The number of hydrogen-bond donors (Lipinski definition) is 3. The number of para-hydroxylation sites is 1. The summed E-state index contributed by atoms with van der Waals surface area (Å²) in [5.74, 6) is 0.152. The minimum Gasteiger partial charge on any atom is -0.508 e. The van der Waals surface area contributed by atoms with Crippen molar-refractivity contribution in [1.82, 2.24) is 0 Å². The van der Waals surface area contributed by atoms with E-state index in [0.717, 1.165) is 0 Å². The van der Waals surface area contributed by atoms with E-state index in [-0.39, 0.29) is 10.6 Å². The monoisotopic (exact) mass is 312 g/mol. The van der Waals surface area contributed by atoms with Crippen LogP contribution in [0, 0.1) is 0 Å². The lowest BCUT2D eigenvalue weighted by molar-refractivity contribution is 0.469. The molecule has 0 atom stereocenters. The molecule has 0 fully saturated rings. The highest BCUT2D eigenvalue weighted by molar-refractivity contribution is 7.89. The van der Waals surface area contributed by atoms with Crippen molar-refractivity contribution < 1.29 is 13.5 Å². The van der Waals surface area contributed by atoms with Gasteiger partial charge in [0.25, 0.3) is 0 Å². The summed E-state index contributed by atoms with van der Waals surface area (Å²) in [4.78, 5) is -0.0262. The number of anilines is 1. The first kappa shape index (κ1) is 14.6. The second-order valence-electron chi connectivity index (χ2n) is 4.17. The second kappa shape index (κ2) is 5.70. The molecule has 5 nitrogen and oxygen atoms in total. The van der Waals surface area contributed by atoms with Crippen molar-refractivity contribution in [2.24, 2.45) is 5.14 Å². The third-order valence-electron chi connectivity index (χ3n) is 2.73. The Morgan fingerprint density at radius 1 is 1.20 bits per heavy atom. The molecule has 0 aliphatic heterocycles. The van der Waals surface area contributed by atoms with E-state index in [2.05, 4.69) is 5.32 Å². The van der Waals surface area contributed by atoms with E-state index >= 15 is 0 Å². The fourth-order valence-electron chi connectivity index (χ4n) is 1.67. The maximum absolute atomic E-state index is 11.3. The first-order valence-corrected chi connectivity index (χ1v) is 7.63. The molecule has 0 aromatic heterocycles. The molecule has 0 heterocycles. The van der Waals surface area contributed by atoms with Crippen LogP contribution in [0.25, 0.3) is 0 Å². The molecular formula is C13H13ClN2O3S. The van der Waals surface area contributed by atoms with Gasteiger partial charge in [0.2, 0.25) is 10.0 Å². The van der Waals surface area contributed by atoms with Gasteiger partial charge in [-0.3, -0.25) is 0 Å². The lowest BCUT2D eigenvalue weighted by Crippen LogP contribution is -2.12. The van der Waals surface area contributed by atoms with Crippen molar-refractivity contribution in [2.75, 3.05) is 5.32 Å². The molecule has 0 saturated carbocycles. The predicted octanol–water partition coefficient (Wildman–Crippen LogP) is 2.31. The number of benzene rings is 2. The van der Waals surface area contributed by atoms with Crippen molar-refractivity contribution in [3.05, 3.63) is 53.1 Å². The number of sulfonamides is 1. The number of nitrogens with one attached hydrogen (secondary N) is 1. The summed E-state index contributed by atoms with van der Waals surface area (Å²) in [6.07, 6.45) is 0. The Morgan fingerprint density at radius 2 is 1.90 bits per heavy atom. The zero-order valence-electron chi connectivity index (χ0n) is 10.4. The van der Waals surface area contributed by atoms with Gasteiger partial charge < -0.3 is 10.4 Å². The highest BCUT2D eigenvalue weighted by Crippen LogP contribution is 2.26. The van der Waals surface area contributed by atoms with E-state index in [9.17, 15) is 13.5 Å². The van der Waals surface area contributed by atoms with Gasteiger partial charge in [-0.1, -0.05) is 29.8 Å². The Balaban J connectivity index is 2.24. The van der Waals surface area contributed by atoms with Crippen LogP contribution in [0.3, 0.4) is 0 Å². The number of nitrogens with two attached hydrogens (primary N) is 1. The third-order valence-corrected chi connectivity index (χ3v) is 3.97. The second-order valence-corrected chi connectivity index (χ2v) is 6.14. The van der Waals surface area contributed by atoms with E-state index in [4.69, 9.17) is 16.7 Å². The van der Waals surface area contributed by atoms with Crippen LogP contribution in [0.5, 0.6) is 5.75 Å². The molecule has 7 heteroatoms. The van der Waals surface area contributed by atoms with E-state index in [1.54, 1.807) is 24.3 Å². The van der Waals surface area contributed by atoms with Crippen LogP contribution in [-0.4, -0.2) is 13.5 Å². The van der Waals surface area contributed by atoms with E-state index in [1.807, 2.05) is 0 Å². The summed E-state index contributed by atoms with van der Waals surface area (Å²) < 4.78 is 22.6. The number of aromatic hydroxyl groups is 1. The standard InChI is InChI=1S/C13H13ClN2O3S/c14-11-6-5-10(20(15,18)19)7-12(11)16-8-9-3-1-2-4-13(9)17/h1-7,16-17H,8H2,(H2,15,18,19). The molecule has 0 radical (unpaired) electrons. The molecular weight excluding hydrogens is 300 g/mol. The average molecular weight is 313 g/mol. The normalized spacial score (nSPS) is 11.3. The Morgan fingerprint density at radius 3 is 2.55 bits per heavy atom. The van der Waals surface area contributed by atoms with Crippen LogP contribution < -0.4 is 10.5 Å². The van der Waals surface area contributed by atoms with Gasteiger partial charge in [0.05, 0.1) is 15.6 Å². The minimum absolute atomic E-state index is 0.0262. The van der Waals surface area contributed by atoms with Crippen molar-refractivity contribution in [1.29, 1.82) is 0 Å². The van der Waals surface area contributed by atoms with Crippen molar-refractivity contribution in [3.63, 3.8) is 0 Å². The molecule has 4 N–H and O–H groups in total. The molecule has 0 unspecified atom stereocenters. The summed E-state index contributed by atoms with van der Waals surface area (Å²) in [6.45, 7) is 0.306. The molecule has 0 amide bonds. The zero-order chi connectivity index (χ0) is 14.8. The maximum Gasteiger partial charge on any atom is 0.238 e. The number of phenolic OH excluding ortho intramolecular Hbond substituents is 1. The zero-order valence-corrected chi connectivity index (χ0v) is 11.9. The van der Waals surface area contributed by atoms with Gasteiger partial charge in [0.15, 0.2) is 0 Å². The Hall–Kier alpha value is -1.76. The van der Waals surface area contributed by atoms with Gasteiger partial charge in [0, 0.05) is 12.1 Å². The van der Waals surface area contributed by atoms with Crippen LogP contribution in [0.1, 0.15) is 5.56 Å². The highest BCUT2D eigenvalue weighted by Gasteiger charge is 2.11. The van der Waals surface area contributed by atoms with Gasteiger partial charge in [-0.2, -0.15) is 0 Å². The Bertz CT molecular complexity index is 732. The van der Waals surface area contributed by atoms with Crippen molar-refractivity contribution in [2.45, 2.75) is 11.4 Å². The van der Waals surface area contributed by atoms with Gasteiger partial charge in [-0.05, 0) is 24.3 Å². The number of halogens is 1. The summed E-state index contributed by atoms with van der Waals surface area (Å²) in [5.41, 5.74) is 1.10. The van der Waals surface area contributed by atoms with Gasteiger partial charge in [0.1, 0.15) is 5.75 Å². The largest absolute Gasteiger partial charge is 0.508 e. The summed E-state index contributed by atoms with van der Waals surface area (Å²) in [7, 11) is -3.78. The molecule has 2 aromatic carbocycles. The minimum atomic E-state index is -3.78. The summed E-state index contributed by atoms with van der Waals surface area (Å²) in [5, 5.41) is 18.1. The molecule has 0 aliphatic carbocycles. The molecule has 0 spiro atoms. The smallest absolute Gasteiger partial charge is 0.238 e. The number of rotatable bonds is 4. The summed E-state index contributed by atoms with van der Waals surface area (Å²) >= 11 is 5.99.